The highest BCUT2D eigenvalue weighted by Gasteiger charge is 2.35. The second-order valence-corrected chi connectivity index (χ2v) is 9.28. The normalized spacial score (nSPS) is 14.4. The minimum absolute atomic E-state index is 0.00866. The first-order valence-corrected chi connectivity index (χ1v) is 10.9. The van der Waals surface area contributed by atoms with Crippen LogP contribution in [0.3, 0.4) is 0 Å². The third-order valence-corrected chi connectivity index (χ3v) is 7.08. The molecule has 0 atom stereocenters. The van der Waals surface area contributed by atoms with Crippen LogP contribution in [0.2, 0.25) is 0 Å². The summed E-state index contributed by atoms with van der Waals surface area (Å²) in [7, 11) is -2.54. The maximum atomic E-state index is 13.0. The molecule has 0 aromatic heterocycles. The first-order valence-electron chi connectivity index (χ1n) is 9.44. The highest BCUT2D eigenvalue weighted by atomic mass is 32.2. The number of alkyl halides is 3. The van der Waals surface area contributed by atoms with E-state index >= 15 is 0 Å². The van der Waals surface area contributed by atoms with Gasteiger partial charge in [-0.2, -0.15) is 13.2 Å². The number of carbonyl (C=O) groups excluding carboxylic acids is 2. The van der Waals surface area contributed by atoms with Crippen molar-refractivity contribution in [3.63, 3.8) is 0 Å². The fourth-order valence-corrected chi connectivity index (χ4v) is 5.26. The Hall–Kier alpha value is -3.46. The molecule has 1 aliphatic rings. The molecular formula is C23H16F3NO4S. The summed E-state index contributed by atoms with van der Waals surface area (Å²) >= 11 is 0. The van der Waals surface area contributed by atoms with E-state index in [1.165, 1.54) is 60.5 Å². The Morgan fingerprint density at radius 2 is 1.53 bits per heavy atom. The Labute approximate surface area is 182 Å². The van der Waals surface area contributed by atoms with Crippen LogP contribution in [-0.2, 0) is 22.6 Å². The van der Waals surface area contributed by atoms with Crippen LogP contribution in [0.5, 0.6) is 0 Å². The van der Waals surface area contributed by atoms with Crippen LogP contribution in [0, 0.1) is 0 Å². The lowest BCUT2D eigenvalue weighted by molar-refractivity contribution is -0.137. The number of halogens is 3. The molecule has 164 valence electrons. The lowest BCUT2D eigenvalue weighted by atomic mass is 10.0. The smallest absolute Gasteiger partial charge is 0.337 e. The molecule has 0 saturated carbocycles. The molecule has 3 aromatic carbocycles. The average molecular weight is 459 g/mol. The fraction of sp³-hybridized carbons (Fsp3) is 0.130. The number of benzene rings is 3. The SMILES string of the molecule is CN(Cc1ccc(C(F)(F)F)cc1)C(=O)c1ccc2c(c1)S(=O)(=O)c1ccccc1C2=O. The van der Waals surface area contributed by atoms with Gasteiger partial charge in [-0.1, -0.05) is 24.3 Å². The lowest BCUT2D eigenvalue weighted by Crippen LogP contribution is -2.27. The topological polar surface area (TPSA) is 71.5 Å². The van der Waals surface area contributed by atoms with E-state index in [4.69, 9.17) is 0 Å². The molecule has 0 N–H and O–H groups in total. The summed E-state index contributed by atoms with van der Waals surface area (Å²) in [5.74, 6) is -0.975. The Kier molecular flexibility index (Phi) is 5.16. The zero-order valence-corrected chi connectivity index (χ0v) is 17.5. The third kappa shape index (κ3) is 3.69. The van der Waals surface area contributed by atoms with Gasteiger partial charge in [0.1, 0.15) is 0 Å². The number of amides is 1. The van der Waals surface area contributed by atoms with Crippen molar-refractivity contribution in [2.45, 2.75) is 22.5 Å². The highest BCUT2D eigenvalue weighted by Crippen LogP contribution is 2.35. The summed E-state index contributed by atoms with van der Waals surface area (Å²) in [4.78, 5) is 26.5. The van der Waals surface area contributed by atoms with Crippen LogP contribution in [0.4, 0.5) is 13.2 Å². The van der Waals surface area contributed by atoms with Crippen molar-refractivity contribution in [3.8, 4) is 0 Å². The Bertz CT molecular complexity index is 1350. The molecular weight excluding hydrogens is 443 g/mol. The first-order chi connectivity index (χ1) is 15.0. The number of ketones is 1. The molecule has 9 heteroatoms. The van der Waals surface area contributed by atoms with Crippen molar-refractivity contribution in [2.75, 3.05) is 7.05 Å². The molecule has 0 saturated heterocycles. The summed E-state index contributed by atoms with van der Waals surface area (Å²) < 4.78 is 64.2. The number of rotatable bonds is 3. The van der Waals surface area contributed by atoms with Gasteiger partial charge in [0.05, 0.1) is 15.4 Å². The molecule has 3 aromatic rings. The van der Waals surface area contributed by atoms with Gasteiger partial charge >= 0.3 is 6.18 Å². The Balaban J connectivity index is 1.62. The number of sulfone groups is 1. The fourth-order valence-electron chi connectivity index (χ4n) is 3.58. The van der Waals surface area contributed by atoms with Gasteiger partial charge in [0.25, 0.3) is 5.91 Å². The molecule has 1 heterocycles. The lowest BCUT2D eigenvalue weighted by Gasteiger charge is -2.21. The third-order valence-electron chi connectivity index (χ3n) is 5.23. The predicted octanol–water partition coefficient (Wildman–Crippen LogP) is 4.35. The van der Waals surface area contributed by atoms with Gasteiger partial charge in [-0.05, 0) is 48.0 Å². The van der Waals surface area contributed by atoms with E-state index in [1.54, 1.807) is 6.07 Å². The van der Waals surface area contributed by atoms with E-state index in [0.29, 0.717) is 5.56 Å². The van der Waals surface area contributed by atoms with Crippen molar-refractivity contribution in [1.29, 1.82) is 0 Å². The van der Waals surface area contributed by atoms with E-state index in [-0.39, 0.29) is 33.0 Å². The Morgan fingerprint density at radius 1 is 0.906 bits per heavy atom. The van der Waals surface area contributed by atoms with Gasteiger partial charge in [0.15, 0.2) is 5.78 Å². The van der Waals surface area contributed by atoms with Gasteiger partial charge in [-0.25, -0.2) is 8.42 Å². The predicted molar refractivity (Wildman–Crippen MR) is 109 cm³/mol. The van der Waals surface area contributed by atoms with E-state index in [2.05, 4.69) is 0 Å². The van der Waals surface area contributed by atoms with Crippen LogP contribution < -0.4 is 0 Å². The van der Waals surface area contributed by atoms with E-state index in [9.17, 15) is 31.2 Å². The summed E-state index contributed by atoms with van der Waals surface area (Å²) in [6, 6.07) is 14.1. The molecule has 1 aliphatic heterocycles. The Morgan fingerprint density at radius 3 is 2.19 bits per heavy atom. The van der Waals surface area contributed by atoms with Crippen LogP contribution in [0.15, 0.2) is 76.5 Å². The minimum atomic E-state index is -4.45. The summed E-state index contributed by atoms with van der Waals surface area (Å²) in [6.07, 6.45) is -4.45. The molecule has 0 aliphatic carbocycles. The van der Waals surface area contributed by atoms with Crippen LogP contribution in [-0.4, -0.2) is 32.1 Å². The highest BCUT2D eigenvalue weighted by molar-refractivity contribution is 7.91. The van der Waals surface area contributed by atoms with Gasteiger partial charge in [-0.15, -0.1) is 0 Å². The molecule has 0 spiro atoms. The molecule has 0 fully saturated rings. The quantitative estimate of drug-likeness (QED) is 0.457. The molecule has 0 bridgehead atoms. The maximum absolute atomic E-state index is 13.0. The minimum Gasteiger partial charge on any atom is -0.337 e. The molecule has 1 amide bonds. The van der Waals surface area contributed by atoms with Gasteiger partial charge in [-0.3, -0.25) is 9.59 Å². The second-order valence-electron chi connectivity index (χ2n) is 7.40. The van der Waals surface area contributed by atoms with Crippen molar-refractivity contribution in [2.24, 2.45) is 0 Å². The first kappa shape index (κ1) is 21.8. The largest absolute Gasteiger partial charge is 0.416 e. The number of carbonyl (C=O) groups is 2. The van der Waals surface area contributed by atoms with Crippen LogP contribution in [0.1, 0.15) is 37.4 Å². The zero-order valence-electron chi connectivity index (χ0n) is 16.7. The van der Waals surface area contributed by atoms with Gasteiger partial charge < -0.3 is 4.90 Å². The van der Waals surface area contributed by atoms with E-state index in [0.717, 1.165) is 12.1 Å². The van der Waals surface area contributed by atoms with E-state index in [1.807, 2.05) is 0 Å². The number of fused-ring (bicyclic) bond motifs is 2. The van der Waals surface area contributed by atoms with Gasteiger partial charge in [0, 0.05) is 30.3 Å². The van der Waals surface area contributed by atoms with Crippen LogP contribution >= 0.6 is 0 Å². The maximum Gasteiger partial charge on any atom is 0.416 e. The van der Waals surface area contributed by atoms with E-state index < -0.39 is 33.3 Å². The van der Waals surface area contributed by atoms with Crippen molar-refractivity contribution in [3.05, 3.63) is 94.5 Å². The molecule has 5 nitrogen and oxygen atoms in total. The van der Waals surface area contributed by atoms with Gasteiger partial charge in [0.2, 0.25) is 9.84 Å². The molecule has 0 unspecified atom stereocenters. The number of nitrogens with zero attached hydrogens (tertiary/aromatic N) is 1. The second kappa shape index (κ2) is 7.59. The van der Waals surface area contributed by atoms with Crippen molar-refractivity contribution in [1.82, 2.24) is 4.90 Å². The summed E-state index contributed by atoms with van der Waals surface area (Å²) in [5, 5.41) is 0. The molecule has 0 radical (unpaired) electrons. The average Bonchev–Trinajstić information content (AvgIpc) is 2.76. The standard InChI is InChI=1S/C23H16F3NO4S/c1-27(13-14-6-9-16(10-7-14)23(24,25)26)22(29)15-8-11-18-20(12-15)32(30,31)19-5-3-2-4-17(19)21(18)28/h2-12H,13H2,1H3. The monoisotopic (exact) mass is 459 g/mol. The molecule has 4 rings (SSSR count). The van der Waals surface area contributed by atoms with Crippen molar-refractivity contribution < 1.29 is 31.2 Å². The van der Waals surface area contributed by atoms with Crippen LogP contribution in [0.25, 0.3) is 0 Å². The summed E-state index contributed by atoms with van der Waals surface area (Å²) in [5.41, 5.74) is -0.193. The number of hydrogen-bond donors (Lipinski definition) is 0. The summed E-state index contributed by atoms with van der Waals surface area (Å²) in [6.45, 7) is 0.0164. The molecule has 32 heavy (non-hydrogen) atoms. The zero-order chi connectivity index (χ0) is 23.3. The van der Waals surface area contributed by atoms with Crippen molar-refractivity contribution >= 4 is 21.5 Å². The number of hydrogen-bond acceptors (Lipinski definition) is 4.